The lowest BCUT2D eigenvalue weighted by molar-refractivity contribution is 0.197. The molecule has 1 aromatic carbocycles. The zero-order valence-electron chi connectivity index (χ0n) is 16.8. The van der Waals surface area contributed by atoms with Crippen molar-refractivity contribution in [1.82, 2.24) is 24.6 Å². The third-order valence-electron chi connectivity index (χ3n) is 7.03. The number of nitrogens with zero attached hydrogens (tertiary/aromatic N) is 5. The van der Waals surface area contributed by atoms with Crippen LogP contribution in [0.1, 0.15) is 32.1 Å². The number of benzene rings is 1. The van der Waals surface area contributed by atoms with Gasteiger partial charge in [0.05, 0.1) is 16.6 Å². The Bertz CT molecular complexity index is 1200. The molecule has 1 saturated heterocycles. The minimum absolute atomic E-state index is 0.353. The first kappa shape index (κ1) is 18.2. The van der Waals surface area contributed by atoms with Gasteiger partial charge in [0, 0.05) is 48.0 Å². The number of hydrogen-bond donors (Lipinski definition) is 2. The van der Waals surface area contributed by atoms with Crippen LogP contribution < -0.4 is 10.6 Å². The predicted molar refractivity (Wildman–Crippen MR) is 119 cm³/mol. The van der Waals surface area contributed by atoms with Crippen LogP contribution >= 0.6 is 11.8 Å². The van der Waals surface area contributed by atoms with Crippen molar-refractivity contribution in [3.63, 3.8) is 0 Å². The number of aromatic amines is 1. The van der Waals surface area contributed by atoms with E-state index in [0.717, 1.165) is 58.2 Å². The van der Waals surface area contributed by atoms with Gasteiger partial charge in [-0.3, -0.25) is 9.50 Å². The fourth-order valence-electron chi connectivity index (χ4n) is 5.23. The summed E-state index contributed by atoms with van der Waals surface area (Å²) >= 11 is 1.68. The number of fused-ring (bicyclic) bond motifs is 2. The van der Waals surface area contributed by atoms with Gasteiger partial charge >= 0.3 is 0 Å². The molecule has 1 aliphatic heterocycles. The van der Waals surface area contributed by atoms with Gasteiger partial charge in [-0.25, -0.2) is 9.97 Å². The molecule has 7 nitrogen and oxygen atoms in total. The van der Waals surface area contributed by atoms with Crippen molar-refractivity contribution in [3.05, 3.63) is 43.0 Å². The summed E-state index contributed by atoms with van der Waals surface area (Å²) in [4.78, 5) is 14.1. The number of H-pyrrole nitrogens is 1. The Morgan fingerprint density at radius 3 is 2.87 bits per heavy atom. The van der Waals surface area contributed by atoms with Gasteiger partial charge in [-0.15, -0.1) is 0 Å². The lowest BCUT2D eigenvalue weighted by atomic mass is 9.74. The summed E-state index contributed by atoms with van der Waals surface area (Å²) in [6, 6.07) is 6.69. The van der Waals surface area contributed by atoms with Crippen molar-refractivity contribution in [2.75, 3.05) is 18.0 Å². The smallest absolute Gasteiger partial charge is 0.211 e. The van der Waals surface area contributed by atoms with Crippen LogP contribution in [-0.4, -0.2) is 43.7 Å². The molecule has 6 rings (SSSR count). The molecule has 0 radical (unpaired) electrons. The van der Waals surface area contributed by atoms with Gasteiger partial charge in [0.1, 0.15) is 0 Å². The standard InChI is InChI=1S/C22H25N7S/c23-19-2-1-5-22(19)6-9-28(10-7-22)21-25-14-18(20-24-8-11-29(20)21)30-16-4-3-15-13-26-27-17(15)12-16/h3-4,8,11-14,19H,1-2,5-7,9-10,23H2,(H,26,27)/t19-/m1/s1. The SMILES string of the molecule is N[C@@H]1CCCC12CCN(c1ncc(Sc3ccc4cn[nH]c4c3)c3nccn13)CC2. The summed E-state index contributed by atoms with van der Waals surface area (Å²) in [6.07, 6.45) is 13.7. The van der Waals surface area contributed by atoms with Crippen LogP contribution in [0.3, 0.4) is 0 Å². The third-order valence-corrected chi connectivity index (χ3v) is 8.03. The highest BCUT2D eigenvalue weighted by Crippen LogP contribution is 2.46. The van der Waals surface area contributed by atoms with Gasteiger partial charge in [0.2, 0.25) is 5.95 Å². The fraction of sp³-hybridized carbons (Fsp3) is 0.409. The molecule has 1 spiro atoms. The lowest BCUT2D eigenvalue weighted by Crippen LogP contribution is -2.47. The van der Waals surface area contributed by atoms with E-state index >= 15 is 0 Å². The number of rotatable bonds is 3. The summed E-state index contributed by atoms with van der Waals surface area (Å²) in [5.41, 5.74) is 8.81. The van der Waals surface area contributed by atoms with Gasteiger partial charge < -0.3 is 10.6 Å². The van der Waals surface area contributed by atoms with Crippen LogP contribution in [0, 0.1) is 5.41 Å². The summed E-state index contributed by atoms with van der Waals surface area (Å²) in [5.74, 6) is 0.984. The summed E-state index contributed by atoms with van der Waals surface area (Å²) in [5, 5.41) is 8.26. The Kier molecular flexibility index (Phi) is 4.24. The summed E-state index contributed by atoms with van der Waals surface area (Å²) in [7, 11) is 0. The molecule has 0 amide bonds. The van der Waals surface area contributed by atoms with Crippen LogP contribution in [0.5, 0.6) is 0 Å². The number of nitrogens with one attached hydrogen (secondary N) is 1. The molecule has 30 heavy (non-hydrogen) atoms. The van der Waals surface area contributed by atoms with Crippen molar-refractivity contribution in [1.29, 1.82) is 0 Å². The van der Waals surface area contributed by atoms with Gasteiger partial charge in [0.25, 0.3) is 0 Å². The molecule has 1 atom stereocenters. The number of nitrogens with two attached hydrogens (primary N) is 1. The van der Waals surface area contributed by atoms with E-state index in [1.165, 1.54) is 19.3 Å². The van der Waals surface area contributed by atoms with Crippen LogP contribution in [0.2, 0.25) is 0 Å². The largest absolute Gasteiger partial charge is 0.342 e. The molecule has 3 aromatic heterocycles. The molecule has 1 saturated carbocycles. The average molecular weight is 420 g/mol. The van der Waals surface area contributed by atoms with E-state index in [4.69, 9.17) is 10.7 Å². The second-order valence-corrected chi connectivity index (χ2v) is 9.73. The number of anilines is 1. The van der Waals surface area contributed by atoms with Crippen molar-refractivity contribution in [3.8, 4) is 0 Å². The van der Waals surface area contributed by atoms with Crippen LogP contribution in [0.25, 0.3) is 16.6 Å². The van der Waals surface area contributed by atoms with E-state index in [0.29, 0.717) is 11.5 Å². The Balaban J connectivity index is 1.28. The maximum Gasteiger partial charge on any atom is 0.211 e. The van der Waals surface area contributed by atoms with E-state index in [1.807, 2.05) is 24.8 Å². The van der Waals surface area contributed by atoms with Crippen molar-refractivity contribution < 1.29 is 0 Å². The molecular formula is C22H25N7S. The normalized spacial score (nSPS) is 21.2. The van der Waals surface area contributed by atoms with Crippen LogP contribution in [0.15, 0.2) is 52.8 Å². The second-order valence-electron chi connectivity index (χ2n) is 8.61. The molecular weight excluding hydrogens is 394 g/mol. The first-order valence-electron chi connectivity index (χ1n) is 10.7. The third kappa shape index (κ3) is 2.89. The van der Waals surface area contributed by atoms with Crippen LogP contribution in [-0.2, 0) is 0 Å². The van der Waals surface area contributed by atoms with E-state index in [1.54, 1.807) is 11.8 Å². The molecule has 4 aromatic rings. The molecule has 4 heterocycles. The average Bonchev–Trinajstić information content (AvgIpc) is 3.50. The molecule has 154 valence electrons. The number of aromatic nitrogens is 5. The molecule has 0 bridgehead atoms. The monoisotopic (exact) mass is 419 g/mol. The molecule has 3 N–H and O–H groups in total. The first-order valence-corrected chi connectivity index (χ1v) is 11.5. The zero-order valence-corrected chi connectivity index (χ0v) is 17.6. The van der Waals surface area contributed by atoms with Crippen LogP contribution in [0.4, 0.5) is 5.95 Å². The molecule has 8 heteroatoms. The van der Waals surface area contributed by atoms with Gasteiger partial charge in [-0.1, -0.05) is 24.2 Å². The predicted octanol–water partition coefficient (Wildman–Crippen LogP) is 3.85. The highest BCUT2D eigenvalue weighted by atomic mass is 32.2. The first-order chi connectivity index (χ1) is 14.7. The maximum absolute atomic E-state index is 6.47. The second kappa shape index (κ2) is 6.99. The van der Waals surface area contributed by atoms with E-state index in [9.17, 15) is 0 Å². The zero-order chi connectivity index (χ0) is 20.1. The Labute approximate surface area is 179 Å². The topological polar surface area (TPSA) is 88.1 Å². The Hall–Kier alpha value is -2.58. The molecule has 1 aliphatic carbocycles. The Morgan fingerprint density at radius 2 is 2.03 bits per heavy atom. The summed E-state index contributed by atoms with van der Waals surface area (Å²) < 4.78 is 2.13. The van der Waals surface area contributed by atoms with E-state index in [2.05, 4.69) is 42.7 Å². The molecule has 0 unspecified atom stereocenters. The fourth-order valence-corrected chi connectivity index (χ4v) is 6.15. The lowest BCUT2D eigenvalue weighted by Gasteiger charge is -2.42. The quantitative estimate of drug-likeness (QED) is 0.524. The van der Waals surface area contributed by atoms with E-state index in [-0.39, 0.29) is 0 Å². The highest BCUT2D eigenvalue weighted by Gasteiger charge is 2.43. The van der Waals surface area contributed by atoms with Crippen molar-refractivity contribution >= 4 is 34.3 Å². The number of imidazole rings is 1. The number of hydrogen-bond acceptors (Lipinski definition) is 6. The van der Waals surface area contributed by atoms with Gasteiger partial charge in [0.15, 0.2) is 5.65 Å². The Morgan fingerprint density at radius 1 is 1.13 bits per heavy atom. The van der Waals surface area contributed by atoms with Gasteiger partial charge in [-0.05, 0) is 43.2 Å². The highest BCUT2D eigenvalue weighted by molar-refractivity contribution is 7.99. The van der Waals surface area contributed by atoms with E-state index < -0.39 is 0 Å². The number of piperidine rings is 1. The molecule has 2 fully saturated rings. The van der Waals surface area contributed by atoms with Crippen molar-refractivity contribution in [2.24, 2.45) is 11.1 Å². The molecule has 2 aliphatic rings. The minimum atomic E-state index is 0.353. The van der Waals surface area contributed by atoms with Gasteiger partial charge in [-0.2, -0.15) is 5.10 Å². The summed E-state index contributed by atoms with van der Waals surface area (Å²) in [6.45, 7) is 2.02. The minimum Gasteiger partial charge on any atom is -0.342 e. The van der Waals surface area contributed by atoms with Crippen molar-refractivity contribution in [2.45, 2.75) is 47.9 Å². The maximum atomic E-state index is 6.47.